The van der Waals surface area contributed by atoms with Crippen molar-refractivity contribution in [3.05, 3.63) is 78.6 Å². The van der Waals surface area contributed by atoms with Crippen LogP contribution in [0.2, 0.25) is 0 Å². The highest BCUT2D eigenvalue weighted by atomic mass is 16.5. The Morgan fingerprint density at radius 2 is 1.65 bits per heavy atom. The highest BCUT2D eigenvalue weighted by Crippen LogP contribution is 2.27. The molecule has 1 fully saturated rings. The van der Waals surface area contributed by atoms with Crippen molar-refractivity contribution < 1.29 is 19.0 Å². The van der Waals surface area contributed by atoms with Crippen LogP contribution in [-0.4, -0.2) is 49.2 Å². The number of nitrogens with one attached hydrogen (secondary N) is 1. The van der Waals surface area contributed by atoms with Gasteiger partial charge in [0.2, 0.25) is 5.91 Å². The van der Waals surface area contributed by atoms with Crippen LogP contribution in [0.3, 0.4) is 0 Å². The smallest absolute Gasteiger partial charge is 0.246 e. The fourth-order valence-electron chi connectivity index (χ4n) is 3.50. The summed E-state index contributed by atoms with van der Waals surface area (Å²) in [4.78, 5) is 19.5. The lowest BCUT2D eigenvalue weighted by atomic mass is 10.1. The van der Waals surface area contributed by atoms with Crippen molar-refractivity contribution in [2.24, 2.45) is 0 Å². The van der Waals surface area contributed by atoms with Gasteiger partial charge in [-0.05, 0) is 60.2 Å². The maximum Gasteiger partial charge on any atom is 0.246 e. The number of methoxy groups -OCH3 is 1. The minimum atomic E-state index is -0.423. The van der Waals surface area contributed by atoms with E-state index >= 15 is 0 Å². The van der Waals surface area contributed by atoms with Crippen LogP contribution >= 0.6 is 0 Å². The molecular weight excluding hydrogens is 394 g/mol. The van der Waals surface area contributed by atoms with E-state index in [9.17, 15) is 4.79 Å². The van der Waals surface area contributed by atoms with Crippen LogP contribution in [0.15, 0.2) is 73.1 Å². The molecule has 31 heavy (non-hydrogen) atoms. The van der Waals surface area contributed by atoms with Crippen LogP contribution in [0.1, 0.15) is 11.6 Å². The number of hydrogen-bond acceptors (Lipinski definition) is 6. The molecule has 1 aliphatic rings. The molecule has 160 valence electrons. The van der Waals surface area contributed by atoms with E-state index < -0.39 is 6.04 Å². The van der Waals surface area contributed by atoms with Gasteiger partial charge >= 0.3 is 0 Å². The summed E-state index contributed by atoms with van der Waals surface area (Å²) < 4.78 is 16.5. The summed E-state index contributed by atoms with van der Waals surface area (Å²) in [7, 11) is 1.63. The maximum atomic E-state index is 13.2. The first-order chi connectivity index (χ1) is 15.2. The fourth-order valence-corrected chi connectivity index (χ4v) is 3.50. The lowest BCUT2D eigenvalue weighted by Gasteiger charge is -2.33. The van der Waals surface area contributed by atoms with Crippen LogP contribution in [-0.2, 0) is 9.53 Å². The number of hydrogen-bond donors (Lipinski definition) is 1. The van der Waals surface area contributed by atoms with Crippen molar-refractivity contribution in [3.8, 4) is 17.2 Å². The molecule has 0 aliphatic carbocycles. The monoisotopic (exact) mass is 419 g/mol. The van der Waals surface area contributed by atoms with Gasteiger partial charge in [0.05, 0.1) is 20.3 Å². The van der Waals surface area contributed by atoms with E-state index in [0.717, 1.165) is 11.3 Å². The number of carbonyl (C=O) groups excluding carboxylic acids is 1. The van der Waals surface area contributed by atoms with Crippen molar-refractivity contribution in [2.45, 2.75) is 6.04 Å². The van der Waals surface area contributed by atoms with Gasteiger partial charge in [-0.25, -0.2) is 0 Å². The average molecular weight is 419 g/mol. The third kappa shape index (κ3) is 5.39. The third-order valence-corrected chi connectivity index (χ3v) is 5.08. The van der Waals surface area contributed by atoms with E-state index in [2.05, 4.69) is 15.2 Å². The molecule has 7 nitrogen and oxygen atoms in total. The van der Waals surface area contributed by atoms with E-state index in [1.807, 2.05) is 60.7 Å². The summed E-state index contributed by atoms with van der Waals surface area (Å²) in [6.45, 7) is 2.62. The van der Waals surface area contributed by atoms with E-state index in [0.29, 0.717) is 43.5 Å². The van der Waals surface area contributed by atoms with Crippen molar-refractivity contribution in [1.29, 1.82) is 0 Å². The first kappa shape index (κ1) is 20.8. The number of pyridine rings is 1. The molecule has 1 amide bonds. The number of nitrogens with zero attached hydrogens (tertiary/aromatic N) is 2. The van der Waals surface area contributed by atoms with Gasteiger partial charge in [0.25, 0.3) is 0 Å². The lowest BCUT2D eigenvalue weighted by Crippen LogP contribution is -2.43. The van der Waals surface area contributed by atoms with Crippen molar-refractivity contribution in [2.75, 3.05) is 38.7 Å². The average Bonchev–Trinajstić information content (AvgIpc) is 2.82. The zero-order valence-electron chi connectivity index (χ0n) is 17.4. The fraction of sp³-hybridized carbons (Fsp3) is 0.250. The number of benzene rings is 2. The zero-order chi connectivity index (χ0) is 21.5. The molecule has 1 aliphatic heterocycles. The molecule has 7 heteroatoms. The minimum Gasteiger partial charge on any atom is -0.497 e. The topological polar surface area (TPSA) is 72.9 Å². The van der Waals surface area contributed by atoms with Gasteiger partial charge in [-0.15, -0.1) is 0 Å². The third-order valence-electron chi connectivity index (χ3n) is 5.08. The van der Waals surface area contributed by atoms with Gasteiger partial charge in [-0.2, -0.15) is 0 Å². The zero-order valence-corrected chi connectivity index (χ0v) is 17.4. The van der Waals surface area contributed by atoms with Gasteiger partial charge in [0, 0.05) is 31.2 Å². The SMILES string of the molecule is COc1ccc(Oc2ccc(NC(=O)C(c3cccnc3)N3CCOCC3)cc2)cc1. The van der Waals surface area contributed by atoms with Crippen LogP contribution in [0.25, 0.3) is 0 Å². The molecule has 1 atom stereocenters. The van der Waals surface area contributed by atoms with E-state index in [-0.39, 0.29) is 5.91 Å². The Labute approximate surface area is 181 Å². The van der Waals surface area contributed by atoms with Gasteiger partial charge in [-0.3, -0.25) is 14.7 Å². The van der Waals surface area contributed by atoms with E-state index in [1.54, 1.807) is 19.5 Å². The standard InChI is InChI=1S/C24H25N3O4/c1-29-20-8-10-22(11-9-20)31-21-6-4-19(5-7-21)26-24(28)23(18-3-2-12-25-17-18)27-13-15-30-16-14-27/h2-12,17,23H,13-16H2,1H3,(H,26,28). The molecule has 1 N–H and O–H groups in total. The minimum absolute atomic E-state index is 0.0984. The predicted octanol–water partition coefficient (Wildman–Crippen LogP) is 3.89. The number of ether oxygens (including phenoxy) is 3. The molecule has 0 spiro atoms. The Hall–Kier alpha value is -3.42. The number of rotatable bonds is 7. The highest BCUT2D eigenvalue weighted by Gasteiger charge is 2.29. The van der Waals surface area contributed by atoms with Gasteiger partial charge in [0.15, 0.2) is 0 Å². The maximum absolute atomic E-state index is 13.2. The Morgan fingerprint density at radius 1 is 1.00 bits per heavy atom. The molecule has 1 saturated heterocycles. The second-order valence-electron chi connectivity index (χ2n) is 7.13. The molecule has 0 radical (unpaired) electrons. The van der Waals surface area contributed by atoms with Crippen LogP contribution in [0, 0.1) is 0 Å². The number of anilines is 1. The van der Waals surface area contributed by atoms with E-state index in [4.69, 9.17) is 14.2 Å². The summed E-state index contributed by atoms with van der Waals surface area (Å²) in [5.74, 6) is 2.06. The number of morpholine rings is 1. The normalized spacial score (nSPS) is 15.1. The molecular formula is C24H25N3O4. The largest absolute Gasteiger partial charge is 0.497 e. The second kappa shape index (κ2) is 10.1. The summed E-state index contributed by atoms with van der Waals surface area (Å²) >= 11 is 0. The molecule has 2 aromatic carbocycles. The molecule has 4 rings (SSSR count). The second-order valence-corrected chi connectivity index (χ2v) is 7.13. The summed E-state index contributed by atoms with van der Waals surface area (Å²) in [5, 5.41) is 3.02. The number of aromatic nitrogens is 1. The molecule has 2 heterocycles. The van der Waals surface area contributed by atoms with Crippen molar-refractivity contribution in [1.82, 2.24) is 9.88 Å². The Morgan fingerprint density at radius 3 is 2.26 bits per heavy atom. The lowest BCUT2D eigenvalue weighted by molar-refractivity contribution is -0.123. The summed E-state index contributed by atoms with van der Waals surface area (Å²) in [6.07, 6.45) is 3.45. The number of amides is 1. The Balaban J connectivity index is 1.44. The van der Waals surface area contributed by atoms with Gasteiger partial charge < -0.3 is 19.5 Å². The summed E-state index contributed by atoms with van der Waals surface area (Å²) in [6, 6.07) is 18.0. The first-order valence-electron chi connectivity index (χ1n) is 10.2. The molecule has 1 aromatic heterocycles. The molecule has 0 saturated carbocycles. The number of carbonyl (C=O) groups is 1. The molecule has 0 bridgehead atoms. The predicted molar refractivity (Wildman–Crippen MR) is 118 cm³/mol. The quantitative estimate of drug-likeness (QED) is 0.626. The first-order valence-corrected chi connectivity index (χ1v) is 10.2. The van der Waals surface area contributed by atoms with Crippen LogP contribution in [0.5, 0.6) is 17.2 Å². The molecule has 3 aromatic rings. The van der Waals surface area contributed by atoms with Crippen molar-refractivity contribution >= 4 is 11.6 Å². The Kier molecular flexibility index (Phi) is 6.76. The van der Waals surface area contributed by atoms with Crippen LogP contribution in [0.4, 0.5) is 5.69 Å². The van der Waals surface area contributed by atoms with Gasteiger partial charge in [0.1, 0.15) is 23.3 Å². The Bertz CT molecular complexity index is 972. The van der Waals surface area contributed by atoms with Gasteiger partial charge in [-0.1, -0.05) is 6.07 Å². The van der Waals surface area contributed by atoms with Crippen LogP contribution < -0.4 is 14.8 Å². The van der Waals surface area contributed by atoms with Crippen molar-refractivity contribution in [3.63, 3.8) is 0 Å². The van der Waals surface area contributed by atoms with E-state index in [1.165, 1.54) is 0 Å². The summed E-state index contributed by atoms with van der Waals surface area (Å²) in [5.41, 5.74) is 1.57. The molecule has 1 unspecified atom stereocenters. The highest BCUT2D eigenvalue weighted by molar-refractivity contribution is 5.95.